The van der Waals surface area contributed by atoms with Crippen molar-refractivity contribution in [2.45, 2.75) is 45.4 Å². The number of nitrogens with zero attached hydrogens (tertiary/aromatic N) is 2. The molecule has 0 spiro atoms. The van der Waals surface area contributed by atoms with Crippen LogP contribution in [0.2, 0.25) is 0 Å². The van der Waals surface area contributed by atoms with Gasteiger partial charge in [-0.05, 0) is 45.4 Å². The first-order valence-corrected chi connectivity index (χ1v) is 7.34. The van der Waals surface area contributed by atoms with Gasteiger partial charge in [0.05, 0.1) is 30.6 Å². The summed E-state index contributed by atoms with van der Waals surface area (Å²) in [7, 11) is 3.06. The van der Waals surface area contributed by atoms with Crippen LogP contribution in [0.25, 0.3) is 0 Å². The minimum atomic E-state index is -0.995. The minimum Gasteiger partial charge on any atom is -0.481 e. The maximum absolute atomic E-state index is 10.1. The molecular formula is C16H25BN3O3. The van der Waals surface area contributed by atoms with Gasteiger partial charge in [-0.2, -0.15) is 0 Å². The van der Waals surface area contributed by atoms with Crippen LogP contribution in [0.15, 0.2) is 34.9 Å². The molecule has 7 heteroatoms. The van der Waals surface area contributed by atoms with E-state index in [1.165, 1.54) is 13.7 Å². The number of aliphatic imine (C=N–C) groups is 1. The molecule has 0 amide bonds. The topological polar surface area (TPSA) is 90.0 Å². The molecule has 0 bridgehead atoms. The smallest absolute Gasteiger partial charge is 0.333 e. The lowest BCUT2D eigenvalue weighted by molar-refractivity contribution is -0.0895. The van der Waals surface area contributed by atoms with Crippen molar-refractivity contribution in [1.29, 1.82) is 0 Å². The van der Waals surface area contributed by atoms with Gasteiger partial charge in [-0.3, -0.25) is 4.99 Å². The van der Waals surface area contributed by atoms with Crippen LogP contribution in [0.3, 0.4) is 0 Å². The first-order chi connectivity index (χ1) is 10.7. The Balaban J connectivity index is 2.60. The van der Waals surface area contributed by atoms with Crippen molar-refractivity contribution in [3.05, 3.63) is 35.6 Å². The molecule has 23 heavy (non-hydrogen) atoms. The second-order valence-electron chi connectivity index (χ2n) is 6.11. The lowest BCUT2D eigenvalue weighted by Crippen LogP contribution is -2.48. The first kappa shape index (κ1) is 19.2. The van der Waals surface area contributed by atoms with Crippen molar-refractivity contribution in [1.82, 2.24) is 4.98 Å². The van der Waals surface area contributed by atoms with Gasteiger partial charge in [0, 0.05) is 12.3 Å². The summed E-state index contributed by atoms with van der Waals surface area (Å²) >= 11 is 0. The Labute approximate surface area is 138 Å². The first-order valence-electron chi connectivity index (χ1n) is 7.34. The fourth-order valence-corrected chi connectivity index (χ4v) is 1.38. The van der Waals surface area contributed by atoms with E-state index in [1.54, 1.807) is 47.1 Å². The van der Waals surface area contributed by atoms with Crippen LogP contribution in [0.4, 0.5) is 0 Å². The molecule has 0 aliphatic rings. The van der Waals surface area contributed by atoms with Gasteiger partial charge < -0.3 is 20.2 Å². The highest BCUT2D eigenvalue weighted by molar-refractivity contribution is 6.46. The Kier molecular flexibility index (Phi) is 6.78. The van der Waals surface area contributed by atoms with Crippen LogP contribution in [-0.4, -0.2) is 42.1 Å². The highest BCUT2D eigenvalue weighted by atomic mass is 16.5. The average Bonchev–Trinajstić information content (AvgIpc) is 2.49. The zero-order valence-electron chi connectivity index (χ0n) is 14.4. The van der Waals surface area contributed by atoms with Crippen LogP contribution < -0.4 is 10.5 Å². The van der Waals surface area contributed by atoms with Gasteiger partial charge in [0.15, 0.2) is 0 Å². The third-order valence-electron chi connectivity index (χ3n) is 3.64. The van der Waals surface area contributed by atoms with E-state index in [9.17, 15) is 5.11 Å². The van der Waals surface area contributed by atoms with E-state index in [0.717, 1.165) is 5.69 Å². The van der Waals surface area contributed by atoms with Gasteiger partial charge >= 0.3 is 7.48 Å². The third-order valence-corrected chi connectivity index (χ3v) is 3.64. The van der Waals surface area contributed by atoms with Gasteiger partial charge in [0.1, 0.15) is 0 Å². The summed E-state index contributed by atoms with van der Waals surface area (Å²) in [5.41, 5.74) is 5.21. The van der Waals surface area contributed by atoms with Gasteiger partial charge in [-0.15, -0.1) is 0 Å². The molecule has 0 aliphatic carbocycles. The molecule has 1 aromatic heterocycles. The summed E-state index contributed by atoms with van der Waals surface area (Å²) in [6.45, 7) is 7.38. The van der Waals surface area contributed by atoms with E-state index in [4.69, 9.17) is 15.1 Å². The third kappa shape index (κ3) is 6.04. The number of nitrogens with two attached hydrogens (primary N) is 1. The fraction of sp³-hybridized carbons (Fsp3) is 0.500. The Morgan fingerprint density at radius 2 is 2.09 bits per heavy atom. The van der Waals surface area contributed by atoms with Crippen LogP contribution in [-0.2, 0) is 11.2 Å². The number of rotatable bonds is 8. The number of aliphatic hydroxyl groups is 1. The monoisotopic (exact) mass is 318 g/mol. The van der Waals surface area contributed by atoms with E-state index in [0.29, 0.717) is 17.9 Å². The Morgan fingerprint density at radius 3 is 2.65 bits per heavy atom. The quantitative estimate of drug-likeness (QED) is 0.562. The zero-order chi connectivity index (χ0) is 17.5. The van der Waals surface area contributed by atoms with Crippen molar-refractivity contribution in [2.75, 3.05) is 7.11 Å². The van der Waals surface area contributed by atoms with E-state index >= 15 is 0 Å². The fourth-order valence-electron chi connectivity index (χ4n) is 1.38. The molecule has 6 nitrogen and oxygen atoms in total. The van der Waals surface area contributed by atoms with E-state index in [2.05, 4.69) is 9.98 Å². The predicted octanol–water partition coefficient (Wildman–Crippen LogP) is 1.65. The van der Waals surface area contributed by atoms with Crippen molar-refractivity contribution < 1.29 is 14.5 Å². The second-order valence-corrected chi connectivity index (χ2v) is 6.11. The Morgan fingerprint density at radius 1 is 1.39 bits per heavy atom. The van der Waals surface area contributed by atoms with Crippen molar-refractivity contribution in [3.63, 3.8) is 0 Å². The summed E-state index contributed by atoms with van der Waals surface area (Å²) in [4.78, 5) is 8.56. The second kappa shape index (κ2) is 8.13. The number of pyridine rings is 1. The largest absolute Gasteiger partial charge is 0.481 e. The van der Waals surface area contributed by atoms with E-state index < -0.39 is 11.2 Å². The van der Waals surface area contributed by atoms with Gasteiger partial charge in [-0.25, -0.2) is 4.98 Å². The van der Waals surface area contributed by atoms with E-state index in [1.807, 2.05) is 12.1 Å². The molecule has 0 aliphatic heterocycles. The maximum atomic E-state index is 10.1. The molecule has 0 atom stereocenters. The number of hydrogen-bond donors (Lipinski definition) is 2. The molecule has 0 unspecified atom stereocenters. The minimum absolute atomic E-state index is 0.400. The average molecular weight is 318 g/mol. The summed E-state index contributed by atoms with van der Waals surface area (Å²) in [5.74, 6) is 0.550. The molecule has 0 saturated carbocycles. The normalized spacial score (nSPS) is 13.4. The summed E-state index contributed by atoms with van der Waals surface area (Å²) in [6.07, 6.45) is 2.99. The molecule has 0 fully saturated rings. The highest BCUT2D eigenvalue weighted by Crippen LogP contribution is 2.24. The molecule has 125 valence electrons. The standard InChI is InChI=1S/C16H25BN3O3/c1-15(2,21)16(3,4)23-17-12(9-18)10-19-11-13-7-6-8-14(20-13)22-5/h6-10,21H,11,18H2,1-5H3. The Hall–Kier alpha value is -1.86. The molecule has 1 heterocycles. The van der Waals surface area contributed by atoms with Crippen molar-refractivity contribution in [3.8, 4) is 5.88 Å². The van der Waals surface area contributed by atoms with Gasteiger partial charge in [0.25, 0.3) is 0 Å². The summed E-state index contributed by atoms with van der Waals surface area (Å²) in [6, 6.07) is 5.50. The highest BCUT2D eigenvalue weighted by Gasteiger charge is 2.35. The zero-order valence-corrected chi connectivity index (χ0v) is 14.4. The lowest BCUT2D eigenvalue weighted by atomic mass is 9.83. The number of allylic oxidation sites excluding steroid dienone is 1. The molecular weight excluding hydrogens is 293 g/mol. The van der Waals surface area contributed by atoms with Crippen LogP contribution >= 0.6 is 0 Å². The molecule has 0 saturated heterocycles. The van der Waals surface area contributed by atoms with Crippen molar-refractivity contribution in [2.24, 2.45) is 10.7 Å². The summed E-state index contributed by atoms with van der Waals surface area (Å²) < 4.78 is 10.7. The molecule has 1 radical (unpaired) electrons. The van der Waals surface area contributed by atoms with Gasteiger partial charge in [-0.1, -0.05) is 6.07 Å². The lowest BCUT2D eigenvalue weighted by Gasteiger charge is -2.37. The number of aromatic nitrogens is 1. The number of methoxy groups -OCH3 is 1. The van der Waals surface area contributed by atoms with Gasteiger partial charge in [0.2, 0.25) is 5.88 Å². The number of hydrogen-bond acceptors (Lipinski definition) is 6. The molecule has 1 rings (SSSR count). The molecule has 0 aromatic carbocycles. The Bertz CT molecular complexity index is 566. The maximum Gasteiger partial charge on any atom is 0.333 e. The molecule has 3 N–H and O–H groups in total. The summed E-state index contributed by atoms with van der Waals surface area (Å²) in [5, 5.41) is 10.1. The van der Waals surface area contributed by atoms with E-state index in [-0.39, 0.29) is 0 Å². The van der Waals surface area contributed by atoms with Crippen LogP contribution in [0.5, 0.6) is 5.88 Å². The predicted molar refractivity (Wildman–Crippen MR) is 92.5 cm³/mol. The number of ether oxygens (including phenoxy) is 1. The van der Waals surface area contributed by atoms with Crippen LogP contribution in [0, 0.1) is 0 Å². The SMILES string of the molecule is COc1cccc(CN=CC([B]OC(C)(C)C(C)(C)O)=CN)n1. The molecule has 1 aromatic rings. The van der Waals surface area contributed by atoms with Crippen molar-refractivity contribution >= 4 is 13.7 Å². The van der Waals surface area contributed by atoms with Crippen LogP contribution in [0.1, 0.15) is 33.4 Å².